The Kier molecular flexibility index (Phi) is 5.08. The van der Waals surface area contributed by atoms with Gasteiger partial charge in [-0.25, -0.2) is 13.1 Å². The summed E-state index contributed by atoms with van der Waals surface area (Å²) in [5, 5.41) is 12.2. The Bertz CT molecular complexity index is 1140. The van der Waals surface area contributed by atoms with Crippen molar-refractivity contribution in [3.05, 3.63) is 59.2 Å². The summed E-state index contributed by atoms with van der Waals surface area (Å²) >= 11 is 0. The molecule has 2 aromatic rings. The molecule has 0 spiro atoms. The summed E-state index contributed by atoms with van der Waals surface area (Å²) in [6.07, 6.45) is 4.97. The molecule has 0 radical (unpaired) electrons. The lowest BCUT2D eigenvalue weighted by molar-refractivity contribution is -0.119. The molecule has 156 valence electrons. The average Bonchev–Trinajstić information content (AvgIpc) is 3.06. The van der Waals surface area contributed by atoms with Gasteiger partial charge in [0.15, 0.2) is 0 Å². The van der Waals surface area contributed by atoms with Gasteiger partial charge in [-0.1, -0.05) is 30.4 Å². The number of amides is 2. The molecule has 2 aromatic carbocycles. The number of hydrogen-bond donors (Lipinski definition) is 3. The molecule has 2 amide bonds. The van der Waals surface area contributed by atoms with Crippen molar-refractivity contribution in [3.63, 3.8) is 0 Å². The molecule has 9 heteroatoms. The molecule has 1 fully saturated rings. The lowest BCUT2D eigenvalue weighted by atomic mass is 10.1. The van der Waals surface area contributed by atoms with Gasteiger partial charge in [0.25, 0.3) is 5.91 Å². The SMILES string of the molecule is CS(=O)(=O)N[C@H]1C[C@H]2C(=O)Nc3ccc(/C=C/c4ccc(O)cc4)cc3C(=O)N2C1. The summed E-state index contributed by atoms with van der Waals surface area (Å²) in [7, 11) is -3.44. The third kappa shape index (κ3) is 4.22. The van der Waals surface area contributed by atoms with Crippen LogP contribution < -0.4 is 10.0 Å². The van der Waals surface area contributed by atoms with E-state index in [9.17, 15) is 23.1 Å². The highest BCUT2D eigenvalue weighted by atomic mass is 32.2. The molecule has 2 aliphatic heterocycles. The largest absolute Gasteiger partial charge is 0.508 e. The third-order valence-corrected chi connectivity index (χ3v) is 5.90. The molecular weight excluding hydrogens is 406 g/mol. The number of phenols is 1. The molecule has 0 unspecified atom stereocenters. The number of aromatic hydroxyl groups is 1. The van der Waals surface area contributed by atoms with Gasteiger partial charge in [-0.3, -0.25) is 9.59 Å². The van der Waals surface area contributed by atoms with Crippen LogP contribution in [-0.2, 0) is 14.8 Å². The van der Waals surface area contributed by atoms with E-state index >= 15 is 0 Å². The number of carbonyl (C=O) groups excluding carboxylic acids is 2. The molecule has 1 saturated heterocycles. The van der Waals surface area contributed by atoms with Crippen LogP contribution in [0.2, 0.25) is 0 Å². The van der Waals surface area contributed by atoms with Crippen LogP contribution in [0.3, 0.4) is 0 Å². The predicted molar refractivity (Wildman–Crippen MR) is 113 cm³/mol. The summed E-state index contributed by atoms with van der Waals surface area (Å²) in [5.41, 5.74) is 2.46. The number of anilines is 1. The zero-order chi connectivity index (χ0) is 21.5. The molecule has 2 aliphatic rings. The van der Waals surface area contributed by atoms with Crippen LogP contribution in [0.1, 0.15) is 27.9 Å². The molecular formula is C21H21N3O5S. The van der Waals surface area contributed by atoms with Gasteiger partial charge in [0.1, 0.15) is 11.8 Å². The maximum absolute atomic E-state index is 13.1. The third-order valence-electron chi connectivity index (χ3n) is 5.14. The Morgan fingerprint density at radius 3 is 2.47 bits per heavy atom. The van der Waals surface area contributed by atoms with Crippen LogP contribution >= 0.6 is 0 Å². The van der Waals surface area contributed by atoms with Gasteiger partial charge in [-0.2, -0.15) is 0 Å². The average molecular weight is 427 g/mol. The normalized spacial score (nSPS) is 21.3. The number of nitrogens with zero attached hydrogens (tertiary/aromatic N) is 1. The second-order valence-electron chi connectivity index (χ2n) is 7.52. The van der Waals surface area contributed by atoms with E-state index in [0.29, 0.717) is 11.3 Å². The van der Waals surface area contributed by atoms with Crippen molar-refractivity contribution in [2.75, 3.05) is 18.1 Å². The smallest absolute Gasteiger partial charge is 0.256 e. The van der Waals surface area contributed by atoms with Crippen molar-refractivity contribution in [1.29, 1.82) is 0 Å². The molecule has 2 heterocycles. The molecule has 0 saturated carbocycles. The number of fused-ring (bicyclic) bond motifs is 2. The Labute approximate surface area is 174 Å². The first-order valence-corrected chi connectivity index (χ1v) is 11.3. The number of hydrogen-bond acceptors (Lipinski definition) is 5. The maximum atomic E-state index is 13.1. The van der Waals surface area contributed by atoms with Gasteiger partial charge < -0.3 is 15.3 Å². The van der Waals surface area contributed by atoms with E-state index in [1.807, 2.05) is 12.2 Å². The molecule has 2 atom stereocenters. The number of carbonyl (C=O) groups is 2. The highest BCUT2D eigenvalue weighted by Gasteiger charge is 2.43. The summed E-state index contributed by atoms with van der Waals surface area (Å²) in [6.45, 7) is 0.136. The number of sulfonamides is 1. The number of phenolic OH excluding ortho intramolecular Hbond substituents is 1. The van der Waals surface area contributed by atoms with E-state index < -0.39 is 22.1 Å². The van der Waals surface area contributed by atoms with Crippen molar-refractivity contribution in [1.82, 2.24) is 9.62 Å². The lowest BCUT2D eigenvalue weighted by Gasteiger charge is -2.20. The van der Waals surface area contributed by atoms with Crippen LogP contribution in [0.4, 0.5) is 5.69 Å². The summed E-state index contributed by atoms with van der Waals surface area (Å²) in [5.74, 6) is -0.458. The quantitative estimate of drug-likeness (QED) is 0.642. The van der Waals surface area contributed by atoms with Gasteiger partial charge >= 0.3 is 0 Å². The lowest BCUT2D eigenvalue weighted by Crippen LogP contribution is -2.41. The van der Waals surface area contributed by atoms with Crippen molar-refractivity contribution in [3.8, 4) is 5.75 Å². The molecule has 4 rings (SSSR count). The van der Waals surface area contributed by atoms with Gasteiger partial charge in [0.05, 0.1) is 17.5 Å². The minimum Gasteiger partial charge on any atom is -0.508 e. The standard InChI is InChI=1S/C21H21N3O5S/c1-30(28,29)23-15-11-19-20(26)22-18-9-6-14(10-17(18)21(27)24(19)12-15)3-2-13-4-7-16(25)8-5-13/h2-10,15,19,23,25H,11-12H2,1H3,(H,22,26)/b3-2+/t15-,19-/m0/s1. The van der Waals surface area contributed by atoms with Crippen molar-refractivity contribution < 1.29 is 23.1 Å². The predicted octanol–water partition coefficient (Wildman–Crippen LogP) is 1.65. The van der Waals surface area contributed by atoms with E-state index in [-0.39, 0.29) is 30.5 Å². The monoisotopic (exact) mass is 427 g/mol. The van der Waals surface area contributed by atoms with Gasteiger partial charge in [-0.05, 0) is 41.8 Å². The van der Waals surface area contributed by atoms with E-state index in [0.717, 1.165) is 17.4 Å². The topological polar surface area (TPSA) is 116 Å². The second kappa shape index (κ2) is 7.58. The van der Waals surface area contributed by atoms with Crippen LogP contribution in [-0.4, -0.2) is 55.1 Å². The molecule has 8 nitrogen and oxygen atoms in total. The van der Waals surface area contributed by atoms with Crippen LogP contribution in [0.15, 0.2) is 42.5 Å². The van der Waals surface area contributed by atoms with Gasteiger partial charge in [0.2, 0.25) is 15.9 Å². The number of rotatable bonds is 4. The Balaban J connectivity index is 1.60. The van der Waals surface area contributed by atoms with E-state index in [4.69, 9.17) is 0 Å². The minimum atomic E-state index is -3.44. The first-order valence-electron chi connectivity index (χ1n) is 9.40. The van der Waals surface area contributed by atoms with E-state index in [2.05, 4.69) is 10.0 Å². The molecule has 0 aliphatic carbocycles. The van der Waals surface area contributed by atoms with Gasteiger partial charge in [-0.15, -0.1) is 0 Å². The van der Waals surface area contributed by atoms with Crippen molar-refractivity contribution >= 4 is 39.7 Å². The summed E-state index contributed by atoms with van der Waals surface area (Å²) < 4.78 is 25.6. The zero-order valence-corrected chi connectivity index (χ0v) is 17.0. The summed E-state index contributed by atoms with van der Waals surface area (Å²) in [6, 6.07) is 10.7. The van der Waals surface area contributed by atoms with Crippen molar-refractivity contribution in [2.24, 2.45) is 0 Å². The van der Waals surface area contributed by atoms with Crippen LogP contribution in [0.5, 0.6) is 5.75 Å². The molecule has 30 heavy (non-hydrogen) atoms. The van der Waals surface area contributed by atoms with E-state index in [1.54, 1.807) is 42.5 Å². The Morgan fingerprint density at radius 1 is 1.10 bits per heavy atom. The first-order chi connectivity index (χ1) is 14.2. The fraction of sp³-hybridized carbons (Fsp3) is 0.238. The Morgan fingerprint density at radius 2 is 1.77 bits per heavy atom. The molecule has 3 N–H and O–H groups in total. The first kappa shape index (κ1) is 20.1. The second-order valence-corrected chi connectivity index (χ2v) is 9.30. The maximum Gasteiger partial charge on any atom is 0.256 e. The highest BCUT2D eigenvalue weighted by molar-refractivity contribution is 7.88. The molecule has 0 aromatic heterocycles. The fourth-order valence-corrected chi connectivity index (χ4v) is 4.57. The van der Waals surface area contributed by atoms with Crippen LogP contribution in [0, 0.1) is 0 Å². The minimum absolute atomic E-state index is 0.136. The fourth-order valence-electron chi connectivity index (χ4n) is 3.80. The Hall–Kier alpha value is -3.17. The number of nitrogens with one attached hydrogen (secondary N) is 2. The summed E-state index contributed by atoms with van der Waals surface area (Å²) in [4.78, 5) is 27.2. The number of benzene rings is 2. The van der Waals surface area contributed by atoms with E-state index in [1.165, 1.54) is 4.90 Å². The molecule has 0 bridgehead atoms. The van der Waals surface area contributed by atoms with Crippen molar-refractivity contribution in [2.45, 2.75) is 18.5 Å². The van der Waals surface area contributed by atoms with Gasteiger partial charge in [0, 0.05) is 12.6 Å². The highest BCUT2D eigenvalue weighted by Crippen LogP contribution is 2.30. The van der Waals surface area contributed by atoms with Crippen LogP contribution in [0.25, 0.3) is 12.2 Å². The zero-order valence-electron chi connectivity index (χ0n) is 16.2.